The molecule has 0 saturated carbocycles. The SMILES string of the molecule is CC1COc2c(-c3nc(N[C@@H]4CCOC[C@H]4O)ncc3Cl)cc(F)c3nc(C(C)(C)O)n1c23. The van der Waals surface area contributed by atoms with E-state index in [-0.39, 0.29) is 35.2 Å². The minimum atomic E-state index is -1.28. The third-order valence-electron chi connectivity index (χ3n) is 5.96. The third-order valence-corrected chi connectivity index (χ3v) is 6.24. The highest BCUT2D eigenvalue weighted by atomic mass is 35.5. The Bertz CT molecular complexity index is 1230. The summed E-state index contributed by atoms with van der Waals surface area (Å²) in [7, 11) is 0. The van der Waals surface area contributed by atoms with E-state index in [2.05, 4.69) is 20.3 Å². The molecule has 1 saturated heterocycles. The summed E-state index contributed by atoms with van der Waals surface area (Å²) < 4.78 is 28.4. The quantitative estimate of drug-likeness (QED) is 0.525. The Kier molecular flexibility index (Phi) is 5.43. The van der Waals surface area contributed by atoms with E-state index in [0.717, 1.165) is 0 Å². The predicted octanol–water partition coefficient (Wildman–Crippen LogP) is 3.03. The van der Waals surface area contributed by atoms with Gasteiger partial charge in [0.25, 0.3) is 0 Å². The fourth-order valence-corrected chi connectivity index (χ4v) is 4.54. The minimum absolute atomic E-state index is 0.117. The largest absolute Gasteiger partial charge is 0.488 e. The molecule has 2 aliphatic rings. The second kappa shape index (κ2) is 8.05. The number of imidazole rings is 1. The summed E-state index contributed by atoms with van der Waals surface area (Å²) in [5.74, 6) is 0.429. The zero-order valence-electron chi connectivity index (χ0n) is 18.5. The van der Waals surface area contributed by atoms with Crippen LogP contribution in [-0.2, 0) is 10.3 Å². The van der Waals surface area contributed by atoms with Crippen LogP contribution in [0.5, 0.6) is 5.75 Å². The molecule has 11 heteroatoms. The van der Waals surface area contributed by atoms with Gasteiger partial charge in [-0.2, -0.15) is 0 Å². The molecule has 3 aromatic rings. The van der Waals surface area contributed by atoms with E-state index in [0.29, 0.717) is 48.0 Å². The molecule has 1 aromatic carbocycles. The first kappa shape index (κ1) is 22.3. The predicted molar refractivity (Wildman–Crippen MR) is 120 cm³/mol. The van der Waals surface area contributed by atoms with Gasteiger partial charge < -0.3 is 29.6 Å². The molecule has 176 valence electrons. The van der Waals surface area contributed by atoms with Crippen LogP contribution in [0.15, 0.2) is 12.3 Å². The van der Waals surface area contributed by atoms with Crippen molar-refractivity contribution in [3.8, 4) is 17.0 Å². The summed E-state index contributed by atoms with van der Waals surface area (Å²) in [6.07, 6.45) is 1.32. The number of hydrogen-bond donors (Lipinski definition) is 3. The highest BCUT2D eigenvalue weighted by Crippen LogP contribution is 2.45. The van der Waals surface area contributed by atoms with Crippen LogP contribution in [0.4, 0.5) is 10.3 Å². The second-order valence-electron chi connectivity index (χ2n) is 9.03. The number of rotatable bonds is 4. The van der Waals surface area contributed by atoms with Crippen molar-refractivity contribution in [3.63, 3.8) is 0 Å². The standard InChI is InChI=1S/C22H25ClFN5O4/c1-10-8-33-19-11(6-13(24)17-18(19)29(10)20(27-17)22(2,3)31)16-12(23)7-25-21(28-16)26-14-4-5-32-9-15(14)30/h6-7,10,14-15,30-31H,4-5,8-9H2,1-3H3,(H,25,26,28)/t10?,14-,15-/m1/s1. The lowest BCUT2D eigenvalue weighted by Crippen LogP contribution is -2.42. The van der Waals surface area contributed by atoms with Gasteiger partial charge in [0, 0.05) is 12.2 Å². The molecule has 1 unspecified atom stereocenters. The van der Waals surface area contributed by atoms with E-state index in [1.807, 2.05) is 11.5 Å². The summed E-state index contributed by atoms with van der Waals surface area (Å²) in [4.78, 5) is 13.2. The van der Waals surface area contributed by atoms with Gasteiger partial charge in [0.1, 0.15) is 29.1 Å². The number of aromatic nitrogens is 4. The second-order valence-corrected chi connectivity index (χ2v) is 9.44. The Labute approximate surface area is 194 Å². The fourth-order valence-electron chi connectivity index (χ4n) is 4.35. The maximum absolute atomic E-state index is 15.3. The van der Waals surface area contributed by atoms with Gasteiger partial charge in [0.15, 0.2) is 11.6 Å². The van der Waals surface area contributed by atoms with Gasteiger partial charge in [-0.1, -0.05) is 11.6 Å². The van der Waals surface area contributed by atoms with Gasteiger partial charge >= 0.3 is 0 Å². The lowest BCUT2D eigenvalue weighted by Gasteiger charge is -2.29. The van der Waals surface area contributed by atoms with Crippen LogP contribution < -0.4 is 10.1 Å². The first-order valence-corrected chi connectivity index (χ1v) is 11.2. The Morgan fingerprint density at radius 1 is 1.30 bits per heavy atom. The van der Waals surface area contributed by atoms with E-state index < -0.39 is 17.5 Å². The van der Waals surface area contributed by atoms with E-state index in [1.165, 1.54) is 12.3 Å². The molecule has 1 fully saturated rings. The molecule has 9 nitrogen and oxygen atoms in total. The summed E-state index contributed by atoms with van der Waals surface area (Å²) in [6, 6.07) is 0.852. The van der Waals surface area contributed by atoms with Crippen LogP contribution >= 0.6 is 11.6 Å². The molecular weight excluding hydrogens is 453 g/mol. The van der Waals surface area contributed by atoms with Gasteiger partial charge in [-0.25, -0.2) is 19.3 Å². The molecule has 0 radical (unpaired) electrons. The summed E-state index contributed by atoms with van der Waals surface area (Å²) in [5.41, 5.74) is -0.0592. The number of benzene rings is 1. The molecule has 2 aliphatic heterocycles. The Morgan fingerprint density at radius 3 is 2.82 bits per heavy atom. The van der Waals surface area contributed by atoms with Crippen molar-refractivity contribution in [2.45, 2.75) is 51.0 Å². The minimum Gasteiger partial charge on any atom is -0.488 e. The number of nitrogens with one attached hydrogen (secondary N) is 1. The van der Waals surface area contributed by atoms with Crippen molar-refractivity contribution in [1.82, 2.24) is 19.5 Å². The van der Waals surface area contributed by atoms with Gasteiger partial charge in [-0.15, -0.1) is 0 Å². The van der Waals surface area contributed by atoms with Crippen LogP contribution in [0.1, 0.15) is 39.1 Å². The van der Waals surface area contributed by atoms with E-state index in [9.17, 15) is 10.2 Å². The molecule has 0 amide bonds. The zero-order valence-corrected chi connectivity index (χ0v) is 19.2. The van der Waals surface area contributed by atoms with Crippen molar-refractivity contribution >= 4 is 28.6 Å². The summed E-state index contributed by atoms with van der Waals surface area (Å²) in [6.45, 7) is 6.19. The number of hydrogen-bond acceptors (Lipinski definition) is 8. The first-order valence-electron chi connectivity index (χ1n) is 10.8. The summed E-state index contributed by atoms with van der Waals surface area (Å²) in [5, 5.41) is 24.2. The smallest absolute Gasteiger partial charge is 0.223 e. The van der Waals surface area contributed by atoms with E-state index >= 15 is 4.39 Å². The lowest BCUT2D eigenvalue weighted by atomic mass is 10.1. The number of ether oxygens (including phenoxy) is 2. The van der Waals surface area contributed by atoms with Crippen LogP contribution in [-0.4, -0.2) is 61.7 Å². The molecule has 0 aliphatic carbocycles. The average Bonchev–Trinajstić information content (AvgIpc) is 3.18. The van der Waals surface area contributed by atoms with Crippen molar-refractivity contribution in [2.75, 3.05) is 25.1 Å². The summed E-state index contributed by atoms with van der Waals surface area (Å²) >= 11 is 6.44. The van der Waals surface area contributed by atoms with E-state index in [4.69, 9.17) is 21.1 Å². The molecule has 0 spiro atoms. The maximum atomic E-state index is 15.3. The first-order chi connectivity index (χ1) is 15.6. The normalized spacial score (nSPS) is 22.9. The van der Waals surface area contributed by atoms with Gasteiger partial charge in [0.05, 0.1) is 41.7 Å². The molecule has 3 N–H and O–H groups in total. The number of nitrogens with zero attached hydrogens (tertiary/aromatic N) is 4. The Balaban J connectivity index is 1.65. The molecule has 5 rings (SSSR count). The maximum Gasteiger partial charge on any atom is 0.223 e. The van der Waals surface area contributed by atoms with Crippen molar-refractivity contribution in [3.05, 3.63) is 28.9 Å². The van der Waals surface area contributed by atoms with Gasteiger partial charge in [-0.3, -0.25) is 0 Å². The van der Waals surface area contributed by atoms with Crippen LogP contribution in [0.2, 0.25) is 5.02 Å². The fraction of sp³-hybridized carbons (Fsp3) is 0.500. The molecule has 0 bridgehead atoms. The molecular formula is C22H25ClFN5O4. The lowest BCUT2D eigenvalue weighted by molar-refractivity contribution is -0.0136. The number of anilines is 1. The molecule has 33 heavy (non-hydrogen) atoms. The topological polar surface area (TPSA) is 115 Å². The number of aliphatic hydroxyl groups is 2. The van der Waals surface area contributed by atoms with Crippen molar-refractivity contribution in [1.29, 1.82) is 0 Å². The Morgan fingerprint density at radius 2 is 2.09 bits per heavy atom. The van der Waals surface area contributed by atoms with Crippen molar-refractivity contribution in [2.24, 2.45) is 0 Å². The van der Waals surface area contributed by atoms with Gasteiger partial charge in [0.2, 0.25) is 5.95 Å². The highest BCUT2D eigenvalue weighted by Gasteiger charge is 2.34. The van der Waals surface area contributed by atoms with Crippen molar-refractivity contribution < 1.29 is 24.1 Å². The van der Waals surface area contributed by atoms with Crippen LogP contribution in [0.3, 0.4) is 0 Å². The number of aliphatic hydroxyl groups excluding tert-OH is 1. The Hall–Kier alpha value is -2.53. The monoisotopic (exact) mass is 477 g/mol. The highest BCUT2D eigenvalue weighted by molar-refractivity contribution is 6.33. The average molecular weight is 478 g/mol. The third kappa shape index (κ3) is 3.80. The zero-order chi connectivity index (χ0) is 23.5. The van der Waals surface area contributed by atoms with E-state index in [1.54, 1.807) is 13.8 Å². The molecule has 3 atom stereocenters. The molecule has 2 aromatic heterocycles. The van der Waals surface area contributed by atoms with Crippen LogP contribution in [0, 0.1) is 5.82 Å². The molecule has 4 heterocycles. The number of halogens is 2. The van der Waals surface area contributed by atoms with Crippen LogP contribution in [0.25, 0.3) is 22.3 Å². The van der Waals surface area contributed by atoms with Gasteiger partial charge in [-0.05, 0) is 33.3 Å².